The molecule has 1 aromatic rings. The van der Waals surface area contributed by atoms with E-state index in [1.165, 1.54) is 19.3 Å². The third kappa shape index (κ3) is 3.19. The Morgan fingerprint density at radius 3 is 2.64 bits per heavy atom. The van der Waals surface area contributed by atoms with Crippen molar-refractivity contribution in [1.29, 1.82) is 0 Å². The Labute approximate surface area is 135 Å². The van der Waals surface area contributed by atoms with Gasteiger partial charge in [-0.05, 0) is 37.5 Å². The first-order valence-corrected chi connectivity index (χ1v) is 8.13. The van der Waals surface area contributed by atoms with Gasteiger partial charge in [0.25, 0.3) is 5.91 Å². The number of benzene rings is 1. The molecule has 0 bridgehead atoms. The van der Waals surface area contributed by atoms with Crippen molar-refractivity contribution in [2.45, 2.75) is 19.3 Å². The minimum atomic E-state index is -0.168. The van der Waals surface area contributed by atoms with Crippen LogP contribution in [0.25, 0.3) is 0 Å². The first kappa shape index (κ1) is 15.2. The van der Waals surface area contributed by atoms with E-state index in [1.807, 2.05) is 12.1 Å². The van der Waals surface area contributed by atoms with Gasteiger partial charge in [-0.25, -0.2) is 0 Å². The maximum Gasteiger partial charge on any atom is 0.255 e. The van der Waals surface area contributed by atoms with Crippen molar-refractivity contribution in [3.8, 4) is 0 Å². The maximum atomic E-state index is 12.6. The molecule has 0 unspecified atom stereocenters. The molecule has 2 fully saturated rings. The lowest BCUT2D eigenvalue weighted by Crippen LogP contribution is -2.50. The third-order valence-corrected chi connectivity index (χ3v) is 4.56. The number of piperidine rings is 1. The summed E-state index contributed by atoms with van der Waals surface area (Å²) in [7, 11) is 0. The van der Waals surface area contributed by atoms with E-state index in [0.29, 0.717) is 23.7 Å². The normalized spacial score (nSPS) is 19.0. The minimum Gasteiger partial charge on any atom is -0.372 e. The fraction of sp³-hybridized carbons (Fsp3) is 0.500. The molecule has 1 N–H and O–H groups in total. The Kier molecular flexibility index (Phi) is 4.52. The number of hydrogen-bond acceptors (Lipinski definition) is 3. The van der Waals surface area contributed by atoms with E-state index in [4.69, 9.17) is 11.6 Å². The van der Waals surface area contributed by atoms with Gasteiger partial charge in [0.05, 0.1) is 17.1 Å². The molecular weight excluding hydrogens is 302 g/mol. The van der Waals surface area contributed by atoms with Gasteiger partial charge in [-0.1, -0.05) is 11.6 Å². The lowest BCUT2D eigenvalue weighted by atomic mass is 10.1. The number of piperazine rings is 1. The van der Waals surface area contributed by atoms with Crippen molar-refractivity contribution in [3.63, 3.8) is 0 Å². The Bertz CT molecular complexity index is 585. The van der Waals surface area contributed by atoms with E-state index in [1.54, 1.807) is 11.0 Å². The second kappa shape index (κ2) is 6.57. The van der Waals surface area contributed by atoms with Crippen LogP contribution in [0.2, 0.25) is 5.02 Å². The van der Waals surface area contributed by atoms with E-state index in [-0.39, 0.29) is 18.4 Å². The lowest BCUT2D eigenvalue weighted by molar-refractivity contribution is -0.123. The number of nitrogens with one attached hydrogen (secondary N) is 1. The summed E-state index contributed by atoms with van der Waals surface area (Å²) in [5.41, 5.74) is 1.52. The average Bonchev–Trinajstić information content (AvgIpc) is 2.55. The van der Waals surface area contributed by atoms with Crippen molar-refractivity contribution >= 4 is 29.1 Å². The van der Waals surface area contributed by atoms with Crippen LogP contribution >= 0.6 is 11.6 Å². The molecule has 118 valence electrons. The van der Waals surface area contributed by atoms with Gasteiger partial charge in [-0.2, -0.15) is 0 Å². The molecule has 2 aliphatic rings. The van der Waals surface area contributed by atoms with Crippen LogP contribution in [0.4, 0.5) is 5.69 Å². The molecule has 0 spiro atoms. The summed E-state index contributed by atoms with van der Waals surface area (Å²) < 4.78 is 0. The van der Waals surface area contributed by atoms with E-state index in [2.05, 4.69) is 10.2 Å². The molecule has 0 aliphatic carbocycles. The Balaban J connectivity index is 1.82. The molecule has 0 atom stereocenters. The standard InChI is InChI=1S/C16H20ClN3O2/c17-14-5-4-12(19-7-2-1-3-8-19)10-13(14)16(22)20-9-6-18-15(21)11-20/h4-5,10H,1-3,6-9,11H2,(H,18,21). The molecule has 2 aliphatic heterocycles. The molecule has 6 heteroatoms. The number of halogens is 1. The third-order valence-electron chi connectivity index (χ3n) is 4.23. The largest absolute Gasteiger partial charge is 0.372 e. The topological polar surface area (TPSA) is 52.7 Å². The molecule has 0 aromatic heterocycles. The van der Waals surface area contributed by atoms with E-state index >= 15 is 0 Å². The smallest absolute Gasteiger partial charge is 0.255 e. The van der Waals surface area contributed by atoms with Crippen molar-refractivity contribution in [3.05, 3.63) is 28.8 Å². The molecule has 3 rings (SSSR count). The minimum absolute atomic E-state index is 0.100. The number of amides is 2. The first-order valence-electron chi connectivity index (χ1n) is 7.75. The van der Waals surface area contributed by atoms with Gasteiger partial charge in [-0.15, -0.1) is 0 Å². The molecule has 1 aromatic carbocycles. The Hall–Kier alpha value is -1.75. The Morgan fingerprint density at radius 2 is 1.91 bits per heavy atom. The van der Waals surface area contributed by atoms with Crippen LogP contribution < -0.4 is 10.2 Å². The van der Waals surface area contributed by atoms with Gasteiger partial charge in [-0.3, -0.25) is 9.59 Å². The molecule has 22 heavy (non-hydrogen) atoms. The number of anilines is 1. The highest BCUT2D eigenvalue weighted by atomic mass is 35.5. The number of nitrogens with zero attached hydrogens (tertiary/aromatic N) is 2. The molecule has 0 saturated carbocycles. The zero-order valence-corrected chi connectivity index (χ0v) is 13.2. The van der Waals surface area contributed by atoms with Crippen LogP contribution in [-0.2, 0) is 4.79 Å². The van der Waals surface area contributed by atoms with Gasteiger partial charge in [0.1, 0.15) is 0 Å². The number of carbonyl (C=O) groups excluding carboxylic acids is 2. The second-order valence-electron chi connectivity index (χ2n) is 5.79. The summed E-state index contributed by atoms with van der Waals surface area (Å²) in [6.45, 7) is 3.15. The van der Waals surface area contributed by atoms with E-state index in [0.717, 1.165) is 18.8 Å². The van der Waals surface area contributed by atoms with Gasteiger partial charge in [0.2, 0.25) is 5.91 Å². The van der Waals surface area contributed by atoms with E-state index < -0.39 is 0 Å². The summed E-state index contributed by atoms with van der Waals surface area (Å²) in [4.78, 5) is 28.0. The van der Waals surface area contributed by atoms with Crippen molar-refractivity contribution in [1.82, 2.24) is 10.2 Å². The van der Waals surface area contributed by atoms with Crippen molar-refractivity contribution in [2.75, 3.05) is 37.6 Å². The van der Waals surface area contributed by atoms with Crippen molar-refractivity contribution in [2.24, 2.45) is 0 Å². The van der Waals surface area contributed by atoms with Gasteiger partial charge < -0.3 is 15.1 Å². The Morgan fingerprint density at radius 1 is 1.14 bits per heavy atom. The molecule has 0 radical (unpaired) electrons. The van der Waals surface area contributed by atoms with Crippen LogP contribution in [0, 0.1) is 0 Å². The summed E-state index contributed by atoms with van der Waals surface area (Å²) in [5, 5.41) is 3.16. The van der Waals surface area contributed by atoms with E-state index in [9.17, 15) is 9.59 Å². The van der Waals surface area contributed by atoms with Crippen LogP contribution in [-0.4, -0.2) is 49.4 Å². The number of rotatable bonds is 2. The molecule has 2 heterocycles. The fourth-order valence-corrected chi connectivity index (χ4v) is 3.21. The zero-order valence-electron chi connectivity index (χ0n) is 12.5. The maximum absolute atomic E-state index is 12.6. The molecular formula is C16H20ClN3O2. The van der Waals surface area contributed by atoms with Gasteiger partial charge in [0, 0.05) is 31.9 Å². The second-order valence-corrected chi connectivity index (χ2v) is 6.20. The quantitative estimate of drug-likeness (QED) is 0.905. The predicted molar refractivity (Wildman–Crippen MR) is 86.4 cm³/mol. The summed E-state index contributed by atoms with van der Waals surface area (Å²) in [6, 6.07) is 5.61. The summed E-state index contributed by atoms with van der Waals surface area (Å²) in [5.74, 6) is -0.290. The van der Waals surface area contributed by atoms with Gasteiger partial charge in [0.15, 0.2) is 0 Å². The number of carbonyl (C=O) groups is 2. The zero-order chi connectivity index (χ0) is 15.5. The summed E-state index contributed by atoms with van der Waals surface area (Å²) in [6.07, 6.45) is 3.62. The first-order chi connectivity index (χ1) is 10.6. The van der Waals surface area contributed by atoms with Gasteiger partial charge >= 0.3 is 0 Å². The highest BCUT2D eigenvalue weighted by Crippen LogP contribution is 2.26. The van der Waals surface area contributed by atoms with Crippen LogP contribution in [0.15, 0.2) is 18.2 Å². The SMILES string of the molecule is O=C1CN(C(=O)c2cc(N3CCCCC3)ccc2Cl)CCN1. The molecule has 2 saturated heterocycles. The predicted octanol–water partition coefficient (Wildman–Crippen LogP) is 1.90. The lowest BCUT2D eigenvalue weighted by Gasteiger charge is -2.30. The van der Waals surface area contributed by atoms with Crippen molar-refractivity contribution < 1.29 is 9.59 Å². The molecule has 2 amide bonds. The van der Waals surface area contributed by atoms with Crippen LogP contribution in [0.5, 0.6) is 0 Å². The average molecular weight is 322 g/mol. The van der Waals surface area contributed by atoms with Crippen LogP contribution in [0.1, 0.15) is 29.6 Å². The number of hydrogen-bond donors (Lipinski definition) is 1. The molecule has 5 nitrogen and oxygen atoms in total. The highest BCUT2D eigenvalue weighted by Gasteiger charge is 2.24. The fourth-order valence-electron chi connectivity index (χ4n) is 3.01. The summed E-state index contributed by atoms with van der Waals surface area (Å²) >= 11 is 6.22. The highest BCUT2D eigenvalue weighted by molar-refractivity contribution is 6.34. The van der Waals surface area contributed by atoms with Crippen LogP contribution in [0.3, 0.4) is 0 Å². The monoisotopic (exact) mass is 321 g/mol.